The van der Waals surface area contributed by atoms with Gasteiger partial charge in [-0.05, 0) is 18.6 Å². The van der Waals surface area contributed by atoms with Gasteiger partial charge in [0, 0.05) is 6.07 Å². The van der Waals surface area contributed by atoms with Gasteiger partial charge in [0.15, 0.2) is 5.43 Å². The van der Waals surface area contributed by atoms with Gasteiger partial charge in [-0.2, -0.15) is 0 Å². The topological polar surface area (TPSA) is 56.5 Å². The molecule has 0 aliphatic rings. The molecule has 0 N–H and O–H groups in total. The number of carbonyl (C=O) groups is 1. The summed E-state index contributed by atoms with van der Waals surface area (Å²) in [5.41, 5.74) is 0.982. The molecule has 0 bridgehead atoms. The number of carbonyl (C=O) groups excluding carboxylic acids is 1. The quantitative estimate of drug-likeness (QED) is 0.728. The molecule has 1 aromatic heterocycles. The van der Waals surface area contributed by atoms with Gasteiger partial charge in [-0.1, -0.05) is 26.0 Å². The summed E-state index contributed by atoms with van der Waals surface area (Å²) in [5.74, 6) is -0.730. The van der Waals surface area contributed by atoms with Gasteiger partial charge in [0.2, 0.25) is 5.76 Å². The van der Waals surface area contributed by atoms with Crippen LogP contribution in [0.5, 0.6) is 0 Å². The SMILES string of the molecule is CC.COC(=O)c1cc(=O)c2c(C)cccc2o1. The van der Waals surface area contributed by atoms with Crippen molar-refractivity contribution in [2.24, 2.45) is 0 Å². The number of rotatable bonds is 1. The van der Waals surface area contributed by atoms with Gasteiger partial charge in [-0.25, -0.2) is 4.79 Å². The smallest absolute Gasteiger partial charge is 0.374 e. The van der Waals surface area contributed by atoms with Crippen LogP contribution < -0.4 is 5.43 Å². The Morgan fingerprint density at radius 1 is 1.28 bits per heavy atom. The van der Waals surface area contributed by atoms with E-state index >= 15 is 0 Å². The highest BCUT2D eigenvalue weighted by molar-refractivity contribution is 5.89. The highest BCUT2D eigenvalue weighted by Crippen LogP contribution is 2.16. The fraction of sp³-hybridized carbons (Fsp3) is 0.286. The van der Waals surface area contributed by atoms with Crippen LogP contribution >= 0.6 is 0 Å². The molecule has 0 fully saturated rings. The molecule has 0 saturated heterocycles. The third-order valence-electron chi connectivity index (χ3n) is 2.35. The Bertz CT molecular complexity index is 611. The van der Waals surface area contributed by atoms with E-state index in [4.69, 9.17) is 4.42 Å². The van der Waals surface area contributed by atoms with E-state index < -0.39 is 5.97 Å². The molecular formula is C14H16O4. The number of esters is 1. The summed E-state index contributed by atoms with van der Waals surface area (Å²) in [4.78, 5) is 23.0. The molecule has 2 rings (SSSR count). The molecule has 0 atom stereocenters. The molecule has 0 spiro atoms. The molecular weight excluding hydrogens is 232 g/mol. The van der Waals surface area contributed by atoms with Crippen molar-refractivity contribution < 1.29 is 13.9 Å². The predicted octanol–water partition coefficient (Wildman–Crippen LogP) is 2.91. The zero-order chi connectivity index (χ0) is 13.7. The number of aryl methyl sites for hydroxylation is 1. The van der Waals surface area contributed by atoms with Crippen molar-refractivity contribution in [3.8, 4) is 0 Å². The van der Waals surface area contributed by atoms with Crippen LogP contribution in [0.3, 0.4) is 0 Å². The Kier molecular flexibility index (Phi) is 4.66. The summed E-state index contributed by atoms with van der Waals surface area (Å²) in [6, 6.07) is 6.38. The van der Waals surface area contributed by atoms with Gasteiger partial charge in [-0.15, -0.1) is 0 Å². The molecule has 0 aliphatic carbocycles. The van der Waals surface area contributed by atoms with Crippen LogP contribution in [-0.4, -0.2) is 13.1 Å². The van der Waals surface area contributed by atoms with Crippen LogP contribution in [0.2, 0.25) is 0 Å². The van der Waals surface area contributed by atoms with E-state index in [0.717, 1.165) is 11.6 Å². The number of hydrogen-bond donors (Lipinski definition) is 0. The van der Waals surface area contributed by atoms with Crippen molar-refractivity contribution in [1.29, 1.82) is 0 Å². The van der Waals surface area contributed by atoms with E-state index in [2.05, 4.69) is 4.74 Å². The summed E-state index contributed by atoms with van der Waals surface area (Å²) < 4.78 is 9.80. The van der Waals surface area contributed by atoms with Gasteiger partial charge in [0.1, 0.15) is 5.58 Å². The molecule has 96 valence electrons. The van der Waals surface area contributed by atoms with Crippen LogP contribution in [0.15, 0.2) is 33.5 Å². The molecule has 18 heavy (non-hydrogen) atoms. The van der Waals surface area contributed by atoms with Crippen molar-refractivity contribution in [2.45, 2.75) is 20.8 Å². The highest BCUT2D eigenvalue weighted by atomic mass is 16.5. The number of benzene rings is 1. The fourth-order valence-corrected chi connectivity index (χ4v) is 1.58. The monoisotopic (exact) mass is 248 g/mol. The average Bonchev–Trinajstić information content (AvgIpc) is 2.39. The third kappa shape index (κ3) is 2.59. The minimum atomic E-state index is -0.652. The molecule has 1 heterocycles. The molecule has 0 saturated carbocycles. The van der Waals surface area contributed by atoms with Gasteiger partial charge in [-0.3, -0.25) is 4.79 Å². The second kappa shape index (κ2) is 6.00. The second-order valence-electron chi connectivity index (χ2n) is 3.41. The average molecular weight is 248 g/mol. The van der Waals surface area contributed by atoms with Crippen molar-refractivity contribution in [3.05, 3.63) is 45.8 Å². The van der Waals surface area contributed by atoms with Crippen LogP contribution in [-0.2, 0) is 4.74 Å². The first-order valence-electron chi connectivity index (χ1n) is 5.75. The van der Waals surface area contributed by atoms with Crippen LogP contribution in [0.1, 0.15) is 30.0 Å². The lowest BCUT2D eigenvalue weighted by molar-refractivity contribution is 0.0565. The van der Waals surface area contributed by atoms with Crippen molar-refractivity contribution in [3.63, 3.8) is 0 Å². The van der Waals surface area contributed by atoms with E-state index in [0.29, 0.717) is 11.0 Å². The van der Waals surface area contributed by atoms with E-state index in [1.54, 1.807) is 12.1 Å². The molecule has 0 amide bonds. The molecule has 0 unspecified atom stereocenters. The maximum atomic E-state index is 11.8. The first-order chi connectivity index (χ1) is 8.63. The van der Waals surface area contributed by atoms with Crippen molar-refractivity contribution >= 4 is 16.9 Å². The highest BCUT2D eigenvalue weighted by Gasteiger charge is 2.12. The Morgan fingerprint density at radius 3 is 2.56 bits per heavy atom. The Balaban J connectivity index is 0.000000771. The first-order valence-corrected chi connectivity index (χ1v) is 5.75. The van der Waals surface area contributed by atoms with Gasteiger partial charge < -0.3 is 9.15 Å². The predicted molar refractivity (Wildman–Crippen MR) is 69.9 cm³/mol. The van der Waals surface area contributed by atoms with Crippen molar-refractivity contribution in [2.75, 3.05) is 7.11 Å². The lowest BCUT2D eigenvalue weighted by Crippen LogP contribution is -2.09. The van der Waals surface area contributed by atoms with Crippen molar-refractivity contribution in [1.82, 2.24) is 0 Å². The zero-order valence-corrected chi connectivity index (χ0v) is 10.9. The second-order valence-corrected chi connectivity index (χ2v) is 3.41. The first kappa shape index (κ1) is 14.0. The molecule has 1 aromatic carbocycles. The van der Waals surface area contributed by atoms with Crippen LogP contribution in [0, 0.1) is 6.92 Å². The van der Waals surface area contributed by atoms with Gasteiger partial charge in [0.05, 0.1) is 12.5 Å². The number of hydrogen-bond acceptors (Lipinski definition) is 4. The zero-order valence-electron chi connectivity index (χ0n) is 10.9. The third-order valence-corrected chi connectivity index (χ3v) is 2.35. The molecule has 0 radical (unpaired) electrons. The molecule has 0 aliphatic heterocycles. The maximum Gasteiger partial charge on any atom is 0.374 e. The molecule has 4 nitrogen and oxygen atoms in total. The van der Waals surface area contributed by atoms with E-state index in [1.807, 2.05) is 26.8 Å². The van der Waals surface area contributed by atoms with Gasteiger partial charge in [0.25, 0.3) is 0 Å². The fourth-order valence-electron chi connectivity index (χ4n) is 1.58. The normalized spacial score (nSPS) is 9.56. The minimum absolute atomic E-state index is 0.0781. The van der Waals surface area contributed by atoms with E-state index in [-0.39, 0.29) is 11.2 Å². The Morgan fingerprint density at radius 2 is 1.94 bits per heavy atom. The molecule has 2 aromatic rings. The summed E-state index contributed by atoms with van der Waals surface area (Å²) in [7, 11) is 1.24. The lowest BCUT2D eigenvalue weighted by atomic mass is 10.1. The van der Waals surface area contributed by atoms with Crippen LogP contribution in [0.4, 0.5) is 0 Å². The number of fused-ring (bicyclic) bond motifs is 1. The van der Waals surface area contributed by atoms with E-state index in [1.165, 1.54) is 7.11 Å². The summed E-state index contributed by atoms with van der Waals surface area (Å²) in [6.07, 6.45) is 0. The standard InChI is InChI=1S/C12H10O4.C2H6/c1-7-4-3-5-9-11(7)8(13)6-10(16-9)12(14)15-2;1-2/h3-6H,1-2H3;1-2H3. The van der Waals surface area contributed by atoms with Crippen LogP contribution in [0.25, 0.3) is 11.0 Å². The lowest BCUT2D eigenvalue weighted by Gasteiger charge is -2.02. The molecule has 4 heteroatoms. The number of ether oxygens (including phenoxy) is 1. The Labute approximate surface area is 105 Å². The summed E-state index contributed by atoms with van der Waals surface area (Å²) in [6.45, 7) is 5.82. The summed E-state index contributed by atoms with van der Waals surface area (Å²) in [5, 5.41) is 0.496. The van der Waals surface area contributed by atoms with Gasteiger partial charge >= 0.3 is 5.97 Å². The Hall–Kier alpha value is -2.10. The largest absolute Gasteiger partial charge is 0.463 e. The van der Waals surface area contributed by atoms with E-state index in [9.17, 15) is 9.59 Å². The minimum Gasteiger partial charge on any atom is -0.463 e. The summed E-state index contributed by atoms with van der Waals surface area (Å²) >= 11 is 0. The maximum absolute atomic E-state index is 11.8. The number of methoxy groups -OCH3 is 1.